The van der Waals surface area contributed by atoms with Gasteiger partial charge in [0.15, 0.2) is 5.82 Å². The molecule has 0 radical (unpaired) electrons. The zero-order valence-electron chi connectivity index (χ0n) is 10.6. The Balaban J connectivity index is 2.45. The van der Waals surface area contributed by atoms with Crippen LogP contribution in [0.4, 0.5) is 5.82 Å². The van der Waals surface area contributed by atoms with E-state index < -0.39 is 0 Å². The minimum atomic E-state index is 0.00293. The summed E-state index contributed by atoms with van der Waals surface area (Å²) < 4.78 is 1.94. The van der Waals surface area contributed by atoms with Crippen LogP contribution in [0.5, 0.6) is 0 Å². The van der Waals surface area contributed by atoms with Crippen molar-refractivity contribution < 1.29 is 5.11 Å². The minimum Gasteiger partial charge on any atom is -0.390 e. The molecule has 0 amide bonds. The Morgan fingerprint density at radius 2 is 2.18 bits per heavy atom. The van der Waals surface area contributed by atoms with Crippen molar-refractivity contribution in [1.82, 2.24) is 9.38 Å². The molecule has 92 valence electrons. The van der Waals surface area contributed by atoms with Crippen LogP contribution >= 0.6 is 0 Å². The van der Waals surface area contributed by atoms with Crippen molar-refractivity contribution in [1.29, 1.82) is 0 Å². The number of aliphatic hydroxyl groups excluding tert-OH is 1. The number of fused-ring (bicyclic) bond motifs is 1. The van der Waals surface area contributed by atoms with Crippen LogP contribution in [0, 0.1) is 5.92 Å². The van der Waals surface area contributed by atoms with Gasteiger partial charge in [-0.1, -0.05) is 19.9 Å². The second-order valence-electron chi connectivity index (χ2n) is 4.74. The van der Waals surface area contributed by atoms with Gasteiger partial charge < -0.3 is 10.0 Å². The van der Waals surface area contributed by atoms with Crippen LogP contribution in [0.25, 0.3) is 5.65 Å². The molecule has 4 nitrogen and oxygen atoms in total. The molecule has 0 saturated heterocycles. The van der Waals surface area contributed by atoms with E-state index in [1.807, 2.05) is 35.8 Å². The summed E-state index contributed by atoms with van der Waals surface area (Å²) in [6.45, 7) is 5.27. The average molecular weight is 233 g/mol. The number of pyridine rings is 1. The van der Waals surface area contributed by atoms with E-state index in [4.69, 9.17) is 0 Å². The molecule has 2 rings (SSSR count). The van der Waals surface area contributed by atoms with E-state index in [9.17, 15) is 5.11 Å². The van der Waals surface area contributed by atoms with E-state index in [0.29, 0.717) is 5.92 Å². The highest BCUT2D eigenvalue weighted by atomic mass is 16.3. The zero-order valence-corrected chi connectivity index (χ0v) is 10.6. The molecular weight excluding hydrogens is 214 g/mol. The zero-order chi connectivity index (χ0) is 12.4. The van der Waals surface area contributed by atoms with Gasteiger partial charge in [0.25, 0.3) is 0 Å². The highest BCUT2D eigenvalue weighted by Crippen LogP contribution is 2.21. The average Bonchev–Trinajstić information content (AvgIpc) is 2.66. The third-order valence-corrected chi connectivity index (χ3v) is 2.76. The second kappa shape index (κ2) is 4.75. The molecule has 0 aliphatic carbocycles. The summed E-state index contributed by atoms with van der Waals surface area (Å²) in [5.41, 5.74) is 1.73. The van der Waals surface area contributed by atoms with Crippen LogP contribution in [-0.4, -0.2) is 28.1 Å². The van der Waals surface area contributed by atoms with Gasteiger partial charge in [0.2, 0.25) is 0 Å². The number of anilines is 1. The molecule has 0 unspecified atom stereocenters. The summed E-state index contributed by atoms with van der Waals surface area (Å²) in [5, 5.41) is 9.50. The summed E-state index contributed by atoms with van der Waals surface area (Å²) >= 11 is 0. The van der Waals surface area contributed by atoms with Crippen LogP contribution in [0.15, 0.2) is 24.4 Å². The Kier molecular flexibility index (Phi) is 3.33. The fraction of sp³-hybridized carbons (Fsp3) is 0.462. The number of hydrogen-bond acceptors (Lipinski definition) is 3. The lowest BCUT2D eigenvalue weighted by atomic mass is 10.2. The molecule has 0 aliphatic heterocycles. The van der Waals surface area contributed by atoms with Gasteiger partial charge >= 0.3 is 0 Å². The predicted molar refractivity (Wildman–Crippen MR) is 69.2 cm³/mol. The number of imidazole rings is 1. The molecule has 0 bridgehead atoms. The van der Waals surface area contributed by atoms with E-state index in [0.717, 1.165) is 23.7 Å². The normalized spacial score (nSPS) is 11.4. The maximum atomic E-state index is 9.50. The Bertz CT molecular complexity index is 504. The quantitative estimate of drug-likeness (QED) is 0.877. The fourth-order valence-corrected chi connectivity index (χ4v) is 2.12. The first-order valence-corrected chi connectivity index (χ1v) is 5.91. The van der Waals surface area contributed by atoms with E-state index in [1.54, 1.807) is 0 Å². The Labute approximate surface area is 102 Å². The molecule has 0 fully saturated rings. The molecule has 17 heavy (non-hydrogen) atoms. The maximum Gasteiger partial charge on any atom is 0.153 e. The summed E-state index contributed by atoms with van der Waals surface area (Å²) in [5.74, 6) is 1.43. The fourth-order valence-electron chi connectivity index (χ4n) is 2.12. The molecule has 0 saturated carbocycles. The van der Waals surface area contributed by atoms with Gasteiger partial charge in [-0.25, -0.2) is 4.98 Å². The monoisotopic (exact) mass is 233 g/mol. The maximum absolute atomic E-state index is 9.50. The molecule has 0 spiro atoms. The van der Waals surface area contributed by atoms with E-state index in [2.05, 4.69) is 23.7 Å². The van der Waals surface area contributed by atoms with Crippen molar-refractivity contribution in [3.63, 3.8) is 0 Å². The third-order valence-electron chi connectivity index (χ3n) is 2.76. The first-order valence-electron chi connectivity index (χ1n) is 5.91. The van der Waals surface area contributed by atoms with Crippen molar-refractivity contribution in [3.05, 3.63) is 30.1 Å². The van der Waals surface area contributed by atoms with Crippen molar-refractivity contribution in [2.75, 3.05) is 18.5 Å². The molecule has 0 aromatic carbocycles. The number of aromatic nitrogens is 2. The first-order chi connectivity index (χ1) is 8.13. The molecule has 0 atom stereocenters. The van der Waals surface area contributed by atoms with Gasteiger partial charge in [-0.15, -0.1) is 0 Å². The van der Waals surface area contributed by atoms with Crippen LogP contribution in [0.3, 0.4) is 0 Å². The topological polar surface area (TPSA) is 40.8 Å². The SMILES string of the molecule is CC(C)CN(C)c1nc2ccccn2c1CO. The number of aliphatic hydroxyl groups is 1. The van der Waals surface area contributed by atoms with Crippen LogP contribution < -0.4 is 4.90 Å². The third kappa shape index (κ3) is 2.26. The van der Waals surface area contributed by atoms with Gasteiger partial charge in [-0.05, 0) is 18.1 Å². The molecule has 4 heteroatoms. The Morgan fingerprint density at radius 3 is 2.82 bits per heavy atom. The van der Waals surface area contributed by atoms with E-state index >= 15 is 0 Å². The molecule has 2 aromatic rings. The predicted octanol–water partition coefficient (Wildman–Crippen LogP) is 1.92. The van der Waals surface area contributed by atoms with E-state index in [-0.39, 0.29) is 6.61 Å². The Hall–Kier alpha value is -1.55. The summed E-state index contributed by atoms with van der Waals surface area (Å²) in [7, 11) is 2.01. The standard InChI is InChI=1S/C13H19N3O/c1-10(2)8-15(3)13-11(9-17)16-7-5-4-6-12(16)14-13/h4-7,10,17H,8-9H2,1-3H3. The minimum absolute atomic E-state index is 0.00293. The smallest absolute Gasteiger partial charge is 0.153 e. The second-order valence-corrected chi connectivity index (χ2v) is 4.74. The van der Waals surface area contributed by atoms with Crippen LogP contribution in [0.2, 0.25) is 0 Å². The molecule has 1 N–H and O–H groups in total. The number of rotatable bonds is 4. The van der Waals surface area contributed by atoms with Gasteiger partial charge in [-0.2, -0.15) is 0 Å². The van der Waals surface area contributed by atoms with Gasteiger partial charge in [0.1, 0.15) is 5.65 Å². The van der Waals surface area contributed by atoms with Crippen LogP contribution in [-0.2, 0) is 6.61 Å². The van der Waals surface area contributed by atoms with Crippen molar-refractivity contribution in [2.24, 2.45) is 5.92 Å². The summed E-state index contributed by atoms with van der Waals surface area (Å²) in [6, 6.07) is 5.85. The molecular formula is C13H19N3O. The van der Waals surface area contributed by atoms with E-state index in [1.165, 1.54) is 0 Å². The highest BCUT2D eigenvalue weighted by molar-refractivity contribution is 5.55. The lowest BCUT2D eigenvalue weighted by Gasteiger charge is -2.19. The molecule has 2 heterocycles. The highest BCUT2D eigenvalue weighted by Gasteiger charge is 2.15. The summed E-state index contributed by atoms with van der Waals surface area (Å²) in [6.07, 6.45) is 1.93. The number of nitrogens with zero attached hydrogens (tertiary/aromatic N) is 3. The van der Waals surface area contributed by atoms with Gasteiger partial charge in [0.05, 0.1) is 12.3 Å². The van der Waals surface area contributed by atoms with Crippen molar-refractivity contribution in [3.8, 4) is 0 Å². The van der Waals surface area contributed by atoms with Gasteiger partial charge in [0, 0.05) is 19.8 Å². The Morgan fingerprint density at radius 1 is 1.41 bits per heavy atom. The van der Waals surface area contributed by atoms with Gasteiger partial charge in [-0.3, -0.25) is 4.40 Å². The van der Waals surface area contributed by atoms with Crippen molar-refractivity contribution in [2.45, 2.75) is 20.5 Å². The lowest BCUT2D eigenvalue weighted by molar-refractivity contribution is 0.276. The lowest BCUT2D eigenvalue weighted by Crippen LogP contribution is -2.24. The molecule has 2 aromatic heterocycles. The summed E-state index contributed by atoms with van der Waals surface area (Å²) in [4.78, 5) is 6.67. The molecule has 0 aliphatic rings. The number of hydrogen-bond donors (Lipinski definition) is 1. The first kappa shape index (κ1) is 11.9. The van der Waals surface area contributed by atoms with Crippen molar-refractivity contribution >= 4 is 11.5 Å². The largest absolute Gasteiger partial charge is 0.390 e. The van der Waals surface area contributed by atoms with Crippen LogP contribution in [0.1, 0.15) is 19.5 Å².